The number of halogens is 2. The quantitative estimate of drug-likeness (QED) is 0.384. The summed E-state index contributed by atoms with van der Waals surface area (Å²) in [5, 5.41) is 0. The number of nitrogens with zero attached hydrogens (tertiary/aromatic N) is 1. The van der Waals surface area contributed by atoms with Crippen LogP contribution < -0.4 is 0 Å². The van der Waals surface area contributed by atoms with E-state index in [2.05, 4.69) is 33.9 Å². The van der Waals surface area contributed by atoms with Crippen LogP contribution in [0.4, 0.5) is 4.79 Å². The van der Waals surface area contributed by atoms with Crippen molar-refractivity contribution in [3.8, 4) is 0 Å². The largest absolute Gasteiger partial charge is 0.275 e. The van der Waals surface area contributed by atoms with Crippen LogP contribution in [0.25, 0.3) is 0 Å². The molecule has 1 unspecified atom stereocenters. The summed E-state index contributed by atoms with van der Waals surface area (Å²) in [5.41, 5.74) is 0. The number of rotatable bonds is 1. The SMILES string of the molecule is CN1CCCS1(CI)C(=O)I. The van der Waals surface area contributed by atoms with Gasteiger partial charge in [0.1, 0.15) is 0 Å². The lowest BCUT2D eigenvalue weighted by Crippen LogP contribution is -2.22. The molecule has 0 N–H and O–H groups in total. The van der Waals surface area contributed by atoms with Gasteiger partial charge < -0.3 is 0 Å². The molecular formula is C6H11I2NOS. The molecule has 0 aromatic rings. The van der Waals surface area contributed by atoms with Crippen molar-refractivity contribution >= 4 is 58.5 Å². The first-order valence-electron chi connectivity index (χ1n) is 3.39. The van der Waals surface area contributed by atoms with Crippen LogP contribution in [0.3, 0.4) is 0 Å². The van der Waals surface area contributed by atoms with Crippen LogP contribution in [0.2, 0.25) is 0 Å². The molecule has 0 aliphatic carbocycles. The predicted molar refractivity (Wildman–Crippen MR) is 68.0 cm³/mol. The Labute approximate surface area is 96.2 Å². The molecule has 66 valence electrons. The lowest BCUT2D eigenvalue weighted by molar-refractivity contribution is 0.277. The molecule has 0 spiro atoms. The molecule has 0 bridgehead atoms. The third-order valence-corrected chi connectivity index (χ3v) is 10.9. The summed E-state index contributed by atoms with van der Waals surface area (Å²) in [6.45, 7) is 1.10. The molecule has 1 saturated heterocycles. The Morgan fingerprint density at radius 2 is 2.36 bits per heavy atom. The summed E-state index contributed by atoms with van der Waals surface area (Å²) in [6.07, 6.45) is 1.20. The molecule has 5 heteroatoms. The molecule has 0 amide bonds. The summed E-state index contributed by atoms with van der Waals surface area (Å²) in [6, 6.07) is 0. The van der Waals surface area contributed by atoms with Crippen molar-refractivity contribution in [1.29, 1.82) is 0 Å². The van der Waals surface area contributed by atoms with Gasteiger partial charge in [-0.15, -0.1) is 10.2 Å². The Balaban J connectivity index is 2.82. The van der Waals surface area contributed by atoms with Crippen molar-refractivity contribution in [3.05, 3.63) is 0 Å². The highest BCUT2D eigenvalue weighted by atomic mass is 127. The van der Waals surface area contributed by atoms with E-state index < -0.39 is 10.2 Å². The zero-order valence-corrected chi connectivity index (χ0v) is 11.5. The molecule has 2 nitrogen and oxygen atoms in total. The van der Waals surface area contributed by atoms with E-state index in [0.29, 0.717) is 3.12 Å². The van der Waals surface area contributed by atoms with Crippen molar-refractivity contribution in [2.75, 3.05) is 23.1 Å². The van der Waals surface area contributed by atoms with Crippen LogP contribution in [-0.4, -0.2) is 30.5 Å². The molecule has 0 saturated carbocycles. The van der Waals surface area contributed by atoms with Gasteiger partial charge in [0.15, 0.2) is 0 Å². The average molecular weight is 399 g/mol. The molecule has 0 aromatic heterocycles. The van der Waals surface area contributed by atoms with Gasteiger partial charge in [0.2, 0.25) is 3.12 Å². The Kier molecular flexibility index (Phi) is 3.92. The standard InChI is InChI=1S/C6H11I2NOS/c1-9-3-2-4-11(9,5-7)6(8)10/h2-5H2,1H3. The van der Waals surface area contributed by atoms with Crippen LogP contribution in [0, 0.1) is 0 Å². The normalized spacial score (nSPS) is 38.5. The maximum absolute atomic E-state index is 11.4. The third kappa shape index (κ3) is 1.86. The second-order valence-corrected chi connectivity index (χ2v) is 9.48. The van der Waals surface area contributed by atoms with Gasteiger partial charge in [0.25, 0.3) is 0 Å². The van der Waals surface area contributed by atoms with Gasteiger partial charge >= 0.3 is 0 Å². The fraction of sp³-hybridized carbons (Fsp3) is 0.833. The molecule has 1 heterocycles. The van der Waals surface area contributed by atoms with E-state index in [0.717, 1.165) is 16.1 Å². The molecular weight excluding hydrogens is 388 g/mol. The third-order valence-electron chi connectivity index (χ3n) is 2.03. The number of hydrogen-bond acceptors (Lipinski definition) is 2. The minimum absolute atomic E-state index is 0.379. The fourth-order valence-corrected chi connectivity index (χ4v) is 10.5. The summed E-state index contributed by atoms with van der Waals surface area (Å²) in [4.78, 5) is 11.4. The van der Waals surface area contributed by atoms with Gasteiger partial charge in [0, 0.05) is 32.9 Å². The molecule has 0 radical (unpaired) electrons. The van der Waals surface area contributed by atoms with Crippen LogP contribution in [0.15, 0.2) is 0 Å². The first-order valence-corrected chi connectivity index (χ1v) is 7.92. The smallest absolute Gasteiger partial charge is 0.244 e. The van der Waals surface area contributed by atoms with E-state index in [1.54, 1.807) is 0 Å². The van der Waals surface area contributed by atoms with Gasteiger partial charge in [-0.2, -0.15) is 0 Å². The topological polar surface area (TPSA) is 20.3 Å². The van der Waals surface area contributed by atoms with Crippen molar-refractivity contribution in [2.45, 2.75) is 6.42 Å². The zero-order chi connectivity index (χ0) is 8.48. The Morgan fingerprint density at radius 1 is 1.73 bits per heavy atom. The summed E-state index contributed by atoms with van der Waals surface area (Å²) in [5.74, 6) is 1.12. The molecule has 1 aliphatic heterocycles. The highest BCUT2D eigenvalue weighted by Crippen LogP contribution is 2.59. The second-order valence-electron chi connectivity index (χ2n) is 2.60. The number of hydrogen-bond donors (Lipinski definition) is 0. The molecule has 0 aromatic carbocycles. The highest BCUT2D eigenvalue weighted by molar-refractivity contribution is 14.1. The molecule has 1 fully saturated rings. The Morgan fingerprint density at radius 3 is 2.55 bits per heavy atom. The van der Waals surface area contributed by atoms with Gasteiger partial charge in [-0.05, 0) is 19.2 Å². The van der Waals surface area contributed by atoms with E-state index in [4.69, 9.17) is 0 Å². The van der Waals surface area contributed by atoms with Gasteiger partial charge in [-0.3, -0.25) is 9.10 Å². The van der Waals surface area contributed by atoms with Crippen LogP contribution in [0.1, 0.15) is 6.42 Å². The van der Waals surface area contributed by atoms with E-state index in [9.17, 15) is 4.79 Å². The van der Waals surface area contributed by atoms with Gasteiger partial charge in [-0.25, -0.2) is 0 Å². The lowest BCUT2D eigenvalue weighted by atomic mass is 10.5. The minimum atomic E-state index is -1.03. The molecule has 1 rings (SSSR count). The zero-order valence-electron chi connectivity index (χ0n) is 6.35. The van der Waals surface area contributed by atoms with Crippen molar-refractivity contribution in [3.63, 3.8) is 0 Å². The van der Waals surface area contributed by atoms with E-state index in [-0.39, 0.29) is 0 Å². The van der Waals surface area contributed by atoms with Crippen LogP contribution >= 0.6 is 55.4 Å². The van der Waals surface area contributed by atoms with Crippen LogP contribution in [0.5, 0.6) is 0 Å². The Hall–Kier alpha value is 1.44. The number of alkyl halides is 1. The minimum Gasteiger partial charge on any atom is -0.275 e. The lowest BCUT2D eigenvalue weighted by Gasteiger charge is -2.36. The van der Waals surface area contributed by atoms with Crippen molar-refractivity contribution in [2.24, 2.45) is 0 Å². The van der Waals surface area contributed by atoms with Crippen molar-refractivity contribution < 1.29 is 4.79 Å². The summed E-state index contributed by atoms with van der Waals surface area (Å²) < 4.78 is 3.65. The summed E-state index contributed by atoms with van der Waals surface area (Å²) in [7, 11) is 1.05. The average Bonchev–Trinajstić information content (AvgIpc) is 2.32. The van der Waals surface area contributed by atoms with Crippen molar-refractivity contribution in [1.82, 2.24) is 4.31 Å². The van der Waals surface area contributed by atoms with E-state index in [1.807, 2.05) is 22.6 Å². The Bertz CT molecular complexity index is 178. The fourth-order valence-electron chi connectivity index (χ4n) is 1.24. The van der Waals surface area contributed by atoms with Gasteiger partial charge in [-0.1, -0.05) is 22.6 Å². The van der Waals surface area contributed by atoms with E-state index in [1.165, 1.54) is 6.42 Å². The molecule has 1 aliphatic rings. The summed E-state index contributed by atoms with van der Waals surface area (Å²) >= 11 is 4.31. The monoisotopic (exact) mass is 399 g/mol. The first-order chi connectivity index (χ1) is 5.13. The second kappa shape index (κ2) is 4.10. The predicted octanol–water partition coefficient (Wildman–Crippen LogP) is 2.99. The molecule has 11 heavy (non-hydrogen) atoms. The first kappa shape index (κ1) is 10.5. The highest BCUT2D eigenvalue weighted by Gasteiger charge is 2.37. The maximum atomic E-state index is 11.4. The number of carbonyl (C=O) groups is 1. The number of carbonyl (C=O) groups excluding carboxylic acids is 1. The van der Waals surface area contributed by atoms with Gasteiger partial charge in [0.05, 0.1) is 0 Å². The maximum Gasteiger partial charge on any atom is 0.244 e. The van der Waals surface area contributed by atoms with E-state index >= 15 is 0 Å². The van der Waals surface area contributed by atoms with Crippen LogP contribution in [-0.2, 0) is 0 Å². The molecule has 1 atom stereocenters.